The van der Waals surface area contributed by atoms with Gasteiger partial charge in [-0.1, -0.05) is 17.7 Å². The first-order valence-electron chi connectivity index (χ1n) is 5.80. The average Bonchev–Trinajstić information content (AvgIpc) is 2.43. The molecule has 0 spiro atoms. The number of hydrogen-bond donors (Lipinski definition) is 1. The predicted octanol–water partition coefficient (Wildman–Crippen LogP) is 2.49. The molecule has 1 heterocycles. The Labute approximate surface area is 115 Å². The van der Waals surface area contributed by atoms with Gasteiger partial charge in [0.25, 0.3) is 5.56 Å². The SMILES string of the molecule is N#Cc1ccc(Cl)c(NCCn2ccccc2=O)c1. The summed E-state index contributed by atoms with van der Waals surface area (Å²) in [6.07, 6.45) is 1.73. The van der Waals surface area contributed by atoms with Gasteiger partial charge in [0.1, 0.15) is 0 Å². The number of aromatic nitrogens is 1. The van der Waals surface area contributed by atoms with Gasteiger partial charge in [0, 0.05) is 25.4 Å². The summed E-state index contributed by atoms with van der Waals surface area (Å²) in [6.45, 7) is 1.09. The summed E-state index contributed by atoms with van der Waals surface area (Å²) in [4.78, 5) is 11.5. The van der Waals surface area contributed by atoms with Crippen LogP contribution in [0.25, 0.3) is 0 Å². The van der Waals surface area contributed by atoms with E-state index in [4.69, 9.17) is 16.9 Å². The van der Waals surface area contributed by atoms with Gasteiger partial charge in [-0.25, -0.2) is 0 Å². The Morgan fingerprint density at radius 2 is 2.16 bits per heavy atom. The first-order chi connectivity index (χ1) is 9.20. The third kappa shape index (κ3) is 3.36. The first-order valence-corrected chi connectivity index (χ1v) is 6.17. The van der Waals surface area contributed by atoms with Crippen molar-refractivity contribution in [3.63, 3.8) is 0 Å². The fourth-order valence-corrected chi connectivity index (χ4v) is 1.87. The van der Waals surface area contributed by atoms with Gasteiger partial charge in [-0.3, -0.25) is 4.79 Å². The monoisotopic (exact) mass is 273 g/mol. The Balaban J connectivity index is 2.02. The van der Waals surface area contributed by atoms with Crippen molar-refractivity contribution in [2.24, 2.45) is 0 Å². The van der Waals surface area contributed by atoms with Crippen LogP contribution < -0.4 is 10.9 Å². The molecule has 0 bridgehead atoms. The molecule has 0 aliphatic carbocycles. The Hall–Kier alpha value is -2.25. The summed E-state index contributed by atoms with van der Waals surface area (Å²) in [5.41, 5.74) is 1.20. The predicted molar refractivity (Wildman–Crippen MR) is 75.4 cm³/mol. The maximum absolute atomic E-state index is 11.5. The van der Waals surface area contributed by atoms with Gasteiger partial charge >= 0.3 is 0 Å². The van der Waals surface area contributed by atoms with Crippen molar-refractivity contribution in [1.82, 2.24) is 4.57 Å². The number of anilines is 1. The van der Waals surface area contributed by atoms with E-state index in [1.54, 1.807) is 35.0 Å². The van der Waals surface area contributed by atoms with Crippen LogP contribution in [0.4, 0.5) is 5.69 Å². The molecule has 2 rings (SSSR count). The minimum Gasteiger partial charge on any atom is -0.382 e. The molecule has 0 saturated carbocycles. The lowest BCUT2D eigenvalue weighted by atomic mass is 10.2. The van der Waals surface area contributed by atoms with Crippen molar-refractivity contribution in [3.05, 3.63) is 63.5 Å². The fraction of sp³-hybridized carbons (Fsp3) is 0.143. The Bertz CT molecular complexity index is 673. The smallest absolute Gasteiger partial charge is 0.250 e. The zero-order chi connectivity index (χ0) is 13.7. The number of nitriles is 1. The number of pyridine rings is 1. The minimum absolute atomic E-state index is 0.0406. The zero-order valence-electron chi connectivity index (χ0n) is 10.1. The number of rotatable bonds is 4. The summed E-state index contributed by atoms with van der Waals surface area (Å²) in [5.74, 6) is 0. The van der Waals surface area contributed by atoms with Crippen LogP contribution in [-0.2, 0) is 6.54 Å². The highest BCUT2D eigenvalue weighted by molar-refractivity contribution is 6.33. The zero-order valence-corrected chi connectivity index (χ0v) is 10.9. The molecule has 0 saturated heterocycles. The molecule has 2 aromatic rings. The lowest BCUT2D eigenvalue weighted by Gasteiger charge is -2.10. The molecule has 19 heavy (non-hydrogen) atoms. The summed E-state index contributed by atoms with van der Waals surface area (Å²) in [7, 11) is 0. The Kier molecular flexibility index (Phi) is 4.22. The van der Waals surface area contributed by atoms with Gasteiger partial charge in [0.05, 0.1) is 22.3 Å². The molecule has 96 valence electrons. The van der Waals surface area contributed by atoms with Gasteiger partial charge in [0.15, 0.2) is 0 Å². The quantitative estimate of drug-likeness (QED) is 0.931. The van der Waals surface area contributed by atoms with Crippen LogP contribution in [0.1, 0.15) is 5.56 Å². The molecular formula is C14H12ClN3O. The van der Waals surface area contributed by atoms with E-state index in [-0.39, 0.29) is 5.56 Å². The van der Waals surface area contributed by atoms with Crippen LogP contribution in [0, 0.1) is 11.3 Å². The molecule has 0 amide bonds. The molecule has 0 fully saturated rings. The number of nitrogens with zero attached hydrogens (tertiary/aromatic N) is 2. The first kappa shape index (κ1) is 13.2. The highest BCUT2D eigenvalue weighted by Crippen LogP contribution is 2.22. The lowest BCUT2D eigenvalue weighted by molar-refractivity contribution is 0.697. The van der Waals surface area contributed by atoms with Gasteiger partial charge in [0.2, 0.25) is 0 Å². The van der Waals surface area contributed by atoms with E-state index in [0.717, 1.165) is 0 Å². The summed E-state index contributed by atoms with van der Waals surface area (Å²) in [6, 6.07) is 12.1. The van der Waals surface area contributed by atoms with Crippen LogP contribution >= 0.6 is 11.6 Å². The van der Waals surface area contributed by atoms with Crippen molar-refractivity contribution in [2.45, 2.75) is 6.54 Å². The maximum atomic E-state index is 11.5. The molecule has 5 heteroatoms. The van der Waals surface area contributed by atoms with E-state index in [2.05, 4.69) is 11.4 Å². The highest BCUT2D eigenvalue weighted by Gasteiger charge is 2.01. The second-order valence-corrected chi connectivity index (χ2v) is 4.37. The number of halogens is 1. The van der Waals surface area contributed by atoms with Crippen LogP contribution in [0.3, 0.4) is 0 Å². The van der Waals surface area contributed by atoms with Gasteiger partial charge in [-0.05, 0) is 24.3 Å². The van der Waals surface area contributed by atoms with Crippen molar-refractivity contribution < 1.29 is 0 Å². The number of benzene rings is 1. The van der Waals surface area contributed by atoms with E-state index < -0.39 is 0 Å². The molecule has 0 aliphatic rings. The fourth-order valence-electron chi connectivity index (χ4n) is 1.69. The molecule has 0 unspecified atom stereocenters. The van der Waals surface area contributed by atoms with E-state index >= 15 is 0 Å². The van der Waals surface area contributed by atoms with Crippen LogP contribution in [-0.4, -0.2) is 11.1 Å². The molecule has 0 aliphatic heterocycles. The van der Waals surface area contributed by atoms with Crippen molar-refractivity contribution in [1.29, 1.82) is 5.26 Å². The van der Waals surface area contributed by atoms with E-state index in [1.165, 1.54) is 6.07 Å². The Morgan fingerprint density at radius 3 is 2.89 bits per heavy atom. The largest absolute Gasteiger partial charge is 0.382 e. The Morgan fingerprint density at radius 1 is 1.32 bits per heavy atom. The molecule has 1 N–H and O–H groups in total. The molecular weight excluding hydrogens is 262 g/mol. The summed E-state index contributed by atoms with van der Waals surface area (Å²) >= 11 is 6.03. The topological polar surface area (TPSA) is 57.8 Å². The third-order valence-corrected chi connectivity index (χ3v) is 2.99. The molecule has 1 aromatic heterocycles. The maximum Gasteiger partial charge on any atom is 0.250 e. The van der Waals surface area contributed by atoms with Crippen LogP contribution in [0.2, 0.25) is 5.02 Å². The van der Waals surface area contributed by atoms with E-state index in [1.807, 2.05) is 6.07 Å². The third-order valence-electron chi connectivity index (χ3n) is 2.66. The molecule has 0 atom stereocenters. The second-order valence-electron chi connectivity index (χ2n) is 3.97. The standard InChI is InChI=1S/C14H12ClN3O/c15-12-5-4-11(10-16)9-13(12)17-6-8-18-7-2-1-3-14(18)19/h1-5,7,9,17H,6,8H2. The van der Waals surface area contributed by atoms with Crippen molar-refractivity contribution >= 4 is 17.3 Å². The van der Waals surface area contributed by atoms with Crippen LogP contribution in [0.15, 0.2) is 47.4 Å². The molecule has 4 nitrogen and oxygen atoms in total. The number of nitrogens with one attached hydrogen (secondary N) is 1. The van der Waals surface area contributed by atoms with Gasteiger partial charge < -0.3 is 9.88 Å². The van der Waals surface area contributed by atoms with Crippen molar-refractivity contribution in [3.8, 4) is 6.07 Å². The second kappa shape index (κ2) is 6.07. The minimum atomic E-state index is -0.0406. The van der Waals surface area contributed by atoms with Gasteiger partial charge in [-0.15, -0.1) is 0 Å². The van der Waals surface area contributed by atoms with Crippen molar-refractivity contribution in [2.75, 3.05) is 11.9 Å². The van der Waals surface area contributed by atoms with E-state index in [9.17, 15) is 4.79 Å². The van der Waals surface area contributed by atoms with Gasteiger partial charge in [-0.2, -0.15) is 5.26 Å². The normalized spacial score (nSPS) is 9.89. The molecule has 1 aromatic carbocycles. The highest BCUT2D eigenvalue weighted by atomic mass is 35.5. The summed E-state index contributed by atoms with van der Waals surface area (Å²) in [5, 5.41) is 12.5. The van der Waals surface area contributed by atoms with E-state index in [0.29, 0.717) is 29.4 Å². The summed E-state index contributed by atoms with van der Waals surface area (Å²) < 4.78 is 1.61. The van der Waals surface area contributed by atoms with Crippen LogP contribution in [0.5, 0.6) is 0 Å². The lowest BCUT2D eigenvalue weighted by Crippen LogP contribution is -2.22. The molecule has 0 radical (unpaired) electrons. The number of hydrogen-bond acceptors (Lipinski definition) is 3. The average molecular weight is 274 g/mol.